The number of benzene rings is 1. The van der Waals surface area contributed by atoms with Crippen LogP contribution in [0.1, 0.15) is 12.6 Å². The van der Waals surface area contributed by atoms with Crippen LogP contribution in [0, 0.1) is 5.92 Å². The number of carbonyl (C=O) groups is 1. The van der Waals surface area contributed by atoms with E-state index in [2.05, 4.69) is 10.3 Å². The Morgan fingerprint density at radius 3 is 2.58 bits per heavy atom. The number of piperazine rings is 1. The molecule has 1 aliphatic heterocycles. The van der Waals surface area contributed by atoms with Crippen LogP contribution in [0.15, 0.2) is 29.6 Å². The molecular formula is C19H26N4O2S. The van der Waals surface area contributed by atoms with E-state index in [-0.39, 0.29) is 11.8 Å². The molecule has 1 aliphatic rings. The zero-order valence-electron chi connectivity index (χ0n) is 15.4. The zero-order chi connectivity index (χ0) is 18.5. The van der Waals surface area contributed by atoms with E-state index in [0.717, 1.165) is 54.7 Å². The molecule has 2 heterocycles. The van der Waals surface area contributed by atoms with Gasteiger partial charge in [0.2, 0.25) is 5.91 Å². The second kappa shape index (κ2) is 8.62. The molecule has 1 aromatic heterocycles. The van der Waals surface area contributed by atoms with E-state index in [1.54, 1.807) is 18.4 Å². The van der Waals surface area contributed by atoms with Crippen molar-refractivity contribution in [2.24, 2.45) is 11.7 Å². The van der Waals surface area contributed by atoms with E-state index in [1.165, 1.54) is 0 Å². The smallest absolute Gasteiger partial charge is 0.226 e. The van der Waals surface area contributed by atoms with Gasteiger partial charge in [0, 0.05) is 56.1 Å². The summed E-state index contributed by atoms with van der Waals surface area (Å²) in [4.78, 5) is 21.3. The molecule has 26 heavy (non-hydrogen) atoms. The largest absolute Gasteiger partial charge is 0.497 e. The van der Waals surface area contributed by atoms with Crippen molar-refractivity contribution in [2.45, 2.75) is 13.5 Å². The third kappa shape index (κ3) is 4.41. The lowest BCUT2D eigenvalue weighted by molar-refractivity contribution is -0.136. The monoisotopic (exact) mass is 374 g/mol. The van der Waals surface area contributed by atoms with Crippen LogP contribution < -0.4 is 10.5 Å². The topological polar surface area (TPSA) is 71.7 Å². The summed E-state index contributed by atoms with van der Waals surface area (Å²) in [7, 11) is 1.67. The summed E-state index contributed by atoms with van der Waals surface area (Å²) in [6, 6.07) is 7.97. The molecule has 3 rings (SSSR count). The van der Waals surface area contributed by atoms with Gasteiger partial charge in [-0.1, -0.05) is 6.92 Å². The molecular weight excluding hydrogens is 348 g/mol. The van der Waals surface area contributed by atoms with E-state index in [1.807, 2.05) is 36.1 Å². The van der Waals surface area contributed by atoms with E-state index in [4.69, 9.17) is 15.5 Å². The highest BCUT2D eigenvalue weighted by Crippen LogP contribution is 2.26. The molecule has 2 aromatic rings. The highest BCUT2D eigenvalue weighted by atomic mass is 32.1. The minimum atomic E-state index is -0.0906. The Morgan fingerprint density at radius 2 is 1.96 bits per heavy atom. The third-order valence-corrected chi connectivity index (χ3v) is 5.67. The minimum absolute atomic E-state index is 0.0906. The number of aromatic nitrogens is 1. The number of nitrogens with two attached hydrogens (primary N) is 1. The van der Waals surface area contributed by atoms with Gasteiger partial charge in [0.15, 0.2) is 0 Å². The molecule has 0 spiro atoms. The number of nitrogens with zero attached hydrogens (tertiary/aromatic N) is 3. The van der Waals surface area contributed by atoms with Gasteiger partial charge in [-0.3, -0.25) is 9.69 Å². The standard InChI is InChI=1S/C19H26N4O2S/c1-14(11-20)19(24)23-9-7-22(8-10-23)12-16-13-26-18(21-16)15-3-5-17(25-2)6-4-15/h3-6,13-14H,7-12,20H2,1-2H3. The number of hydrogen-bond acceptors (Lipinski definition) is 6. The minimum Gasteiger partial charge on any atom is -0.497 e. The first-order chi connectivity index (χ1) is 12.6. The Balaban J connectivity index is 1.54. The van der Waals surface area contributed by atoms with Gasteiger partial charge >= 0.3 is 0 Å². The summed E-state index contributed by atoms with van der Waals surface area (Å²) in [6.07, 6.45) is 0. The summed E-state index contributed by atoms with van der Waals surface area (Å²) < 4.78 is 5.20. The Hall–Kier alpha value is -1.96. The van der Waals surface area contributed by atoms with E-state index in [9.17, 15) is 4.79 Å². The molecule has 0 aliphatic carbocycles. The van der Waals surface area contributed by atoms with Crippen molar-refractivity contribution in [1.29, 1.82) is 0 Å². The second-order valence-electron chi connectivity index (χ2n) is 6.61. The predicted octanol–water partition coefficient (Wildman–Crippen LogP) is 2.06. The molecule has 0 saturated carbocycles. The van der Waals surface area contributed by atoms with Gasteiger partial charge < -0.3 is 15.4 Å². The maximum absolute atomic E-state index is 12.2. The van der Waals surface area contributed by atoms with Crippen LogP contribution in [0.2, 0.25) is 0 Å². The predicted molar refractivity (Wildman–Crippen MR) is 104 cm³/mol. The molecule has 1 amide bonds. The van der Waals surface area contributed by atoms with Crippen molar-refractivity contribution in [1.82, 2.24) is 14.8 Å². The number of ether oxygens (including phenoxy) is 1. The van der Waals surface area contributed by atoms with Crippen molar-refractivity contribution in [3.63, 3.8) is 0 Å². The Kier molecular flexibility index (Phi) is 6.24. The van der Waals surface area contributed by atoms with Gasteiger partial charge in [-0.25, -0.2) is 4.98 Å². The Bertz CT molecular complexity index is 723. The molecule has 0 radical (unpaired) electrons. The SMILES string of the molecule is COc1ccc(-c2nc(CN3CCN(C(=O)C(C)CN)CC3)cs2)cc1. The summed E-state index contributed by atoms with van der Waals surface area (Å²) in [5.41, 5.74) is 7.79. The van der Waals surface area contributed by atoms with Crippen LogP contribution in [-0.4, -0.2) is 60.5 Å². The molecule has 1 saturated heterocycles. The fourth-order valence-electron chi connectivity index (χ4n) is 3.01. The molecule has 140 valence electrons. The first kappa shape index (κ1) is 18.8. The van der Waals surface area contributed by atoms with Crippen LogP contribution in [0.3, 0.4) is 0 Å². The average molecular weight is 375 g/mol. The lowest BCUT2D eigenvalue weighted by Gasteiger charge is -2.35. The van der Waals surface area contributed by atoms with Gasteiger partial charge in [0.1, 0.15) is 10.8 Å². The molecule has 1 aromatic carbocycles. The fourth-order valence-corrected chi connectivity index (χ4v) is 3.83. The number of carbonyl (C=O) groups excluding carboxylic acids is 1. The third-order valence-electron chi connectivity index (χ3n) is 4.73. The molecule has 1 atom stereocenters. The van der Waals surface area contributed by atoms with Crippen LogP contribution in [-0.2, 0) is 11.3 Å². The highest BCUT2D eigenvalue weighted by molar-refractivity contribution is 7.13. The lowest BCUT2D eigenvalue weighted by atomic mass is 10.1. The summed E-state index contributed by atoms with van der Waals surface area (Å²) in [5.74, 6) is 0.927. The lowest BCUT2D eigenvalue weighted by Crippen LogP contribution is -2.50. The Morgan fingerprint density at radius 1 is 1.27 bits per heavy atom. The van der Waals surface area contributed by atoms with Gasteiger partial charge in [-0.15, -0.1) is 11.3 Å². The van der Waals surface area contributed by atoms with Crippen molar-refractivity contribution < 1.29 is 9.53 Å². The van der Waals surface area contributed by atoms with Crippen molar-refractivity contribution >= 4 is 17.2 Å². The number of methoxy groups -OCH3 is 1. The van der Waals surface area contributed by atoms with Crippen LogP contribution in [0.25, 0.3) is 10.6 Å². The molecule has 0 bridgehead atoms. The Labute approximate surface area is 158 Å². The average Bonchev–Trinajstić information content (AvgIpc) is 3.16. The van der Waals surface area contributed by atoms with Crippen LogP contribution >= 0.6 is 11.3 Å². The molecule has 1 fully saturated rings. The number of hydrogen-bond donors (Lipinski definition) is 1. The van der Waals surface area contributed by atoms with Gasteiger partial charge in [-0.2, -0.15) is 0 Å². The summed E-state index contributed by atoms with van der Waals surface area (Å²) >= 11 is 1.66. The number of amides is 1. The normalized spacial score (nSPS) is 16.5. The molecule has 7 heteroatoms. The van der Waals surface area contributed by atoms with E-state index < -0.39 is 0 Å². The number of rotatable bonds is 6. The quantitative estimate of drug-likeness (QED) is 0.838. The number of thiazole rings is 1. The van der Waals surface area contributed by atoms with Crippen molar-refractivity contribution in [3.8, 4) is 16.3 Å². The molecule has 2 N–H and O–H groups in total. The van der Waals surface area contributed by atoms with E-state index >= 15 is 0 Å². The van der Waals surface area contributed by atoms with E-state index in [0.29, 0.717) is 6.54 Å². The van der Waals surface area contributed by atoms with Crippen molar-refractivity contribution in [3.05, 3.63) is 35.3 Å². The maximum Gasteiger partial charge on any atom is 0.226 e. The molecule has 1 unspecified atom stereocenters. The fraction of sp³-hybridized carbons (Fsp3) is 0.474. The second-order valence-corrected chi connectivity index (χ2v) is 7.47. The molecule has 6 nitrogen and oxygen atoms in total. The van der Waals surface area contributed by atoms with Crippen molar-refractivity contribution in [2.75, 3.05) is 39.8 Å². The van der Waals surface area contributed by atoms with Gasteiger partial charge in [-0.05, 0) is 24.3 Å². The zero-order valence-corrected chi connectivity index (χ0v) is 16.2. The first-order valence-corrected chi connectivity index (χ1v) is 9.78. The van der Waals surface area contributed by atoms with Crippen LogP contribution in [0.4, 0.5) is 0 Å². The highest BCUT2D eigenvalue weighted by Gasteiger charge is 2.24. The maximum atomic E-state index is 12.2. The van der Waals surface area contributed by atoms with Gasteiger partial charge in [0.05, 0.1) is 12.8 Å². The summed E-state index contributed by atoms with van der Waals surface area (Å²) in [5, 5.41) is 3.14. The summed E-state index contributed by atoms with van der Waals surface area (Å²) in [6.45, 7) is 6.39. The van der Waals surface area contributed by atoms with Crippen LogP contribution in [0.5, 0.6) is 5.75 Å². The van der Waals surface area contributed by atoms with Gasteiger partial charge in [0.25, 0.3) is 0 Å². The first-order valence-electron chi connectivity index (χ1n) is 8.90.